The highest BCUT2D eigenvalue weighted by Crippen LogP contribution is 2.06. The van der Waals surface area contributed by atoms with Crippen LogP contribution in [0.25, 0.3) is 0 Å². The number of carbonyl (C=O) groups is 4. The van der Waals surface area contributed by atoms with E-state index in [1.165, 1.54) is 0 Å². The van der Waals surface area contributed by atoms with Gasteiger partial charge < -0.3 is 20.1 Å². The average Bonchev–Trinajstić information content (AvgIpc) is 2.61. The Morgan fingerprint density at radius 2 is 1.62 bits per heavy atom. The number of carbonyl (C=O) groups excluding carboxylic acids is 4. The predicted octanol–water partition coefficient (Wildman–Crippen LogP) is 2.10. The Morgan fingerprint density at radius 3 is 2.17 bits per heavy atom. The second kappa shape index (κ2) is 11.0. The van der Waals surface area contributed by atoms with Gasteiger partial charge in [-0.15, -0.1) is 0 Å². The first-order valence-electron chi connectivity index (χ1n) is 9.24. The Morgan fingerprint density at radius 1 is 1.00 bits per heavy atom. The minimum absolute atomic E-state index is 0.0534. The number of hydrogen-bond acceptors (Lipinski definition) is 6. The maximum Gasteiger partial charge on any atom is 0.408 e. The molecule has 0 heterocycles. The molecule has 1 aromatic rings. The van der Waals surface area contributed by atoms with Crippen molar-refractivity contribution in [3.63, 3.8) is 0 Å². The van der Waals surface area contributed by atoms with Crippen molar-refractivity contribution in [2.45, 2.75) is 52.8 Å². The van der Waals surface area contributed by atoms with E-state index in [-0.39, 0.29) is 12.5 Å². The van der Waals surface area contributed by atoms with E-state index in [1.54, 1.807) is 46.8 Å². The molecule has 3 N–H and O–H groups in total. The largest absolute Gasteiger partial charge is 0.454 e. The van der Waals surface area contributed by atoms with E-state index in [1.807, 2.05) is 18.2 Å². The van der Waals surface area contributed by atoms with Crippen LogP contribution in [0.2, 0.25) is 0 Å². The van der Waals surface area contributed by atoms with Crippen molar-refractivity contribution in [1.29, 1.82) is 0 Å². The van der Waals surface area contributed by atoms with Crippen molar-refractivity contribution in [3.05, 3.63) is 35.9 Å². The van der Waals surface area contributed by atoms with E-state index in [9.17, 15) is 19.2 Å². The van der Waals surface area contributed by atoms with Crippen LogP contribution in [0.15, 0.2) is 30.3 Å². The molecule has 0 radical (unpaired) electrons. The van der Waals surface area contributed by atoms with Crippen LogP contribution in [0.5, 0.6) is 0 Å². The Balaban J connectivity index is 2.47. The number of nitrogens with one attached hydrogen (secondary N) is 3. The van der Waals surface area contributed by atoms with Crippen LogP contribution < -0.4 is 16.0 Å². The fourth-order valence-corrected chi connectivity index (χ4v) is 2.15. The molecule has 0 aliphatic carbocycles. The number of alkyl carbamates (subject to hydrolysis) is 1. The number of imide groups is 1. The van der Waals surface area contributed by atoms with Crippen LogP contribution in [0.4, 0.5) is 9.59 Å². The minimum Gasteiger partial charge on any atom is -0.454 e. The number of esters is 1. The van der Waals surface area contributed by atoms with Crippen molar-refractivity contribution in [2.75, 3.05) is 6.61 Å². The highest BCUT2D eigenvalue weighted by atomic mass is 16.6. The molecule has 9 nitrogen and oxygen atoms in total. The highest BCUT2D eigenvalue weighted by Gasteiger charge is 2.27. The van der Waals surface area contributed by atoms with Gasteiger partial charge in [0.1, 0.15) is 12.6 Å². The second-order valence-electron chi connectivity index (χ2n) is 7.79. The van der Waals surface area contributed by atoms with Gasteiger partial charge in [0, 0.05) is 5.54 Å². The molecule has 0 fully saturated rings. The van der Waals surface area contributed by atoms with E-state index in [4.69, 9.17) is 9.47 Å². The summed E-state index contributed by atoms with van der Waals surface area (Å²) < 4.78 is 10.0. The number of urea groups is 1. The maximum absolute atomic E-state index is 12.2. The van der Waals surface area contributed by atoms with Gasteiger partial charge in [-0.2, -0.15) is 0 Å². The molecule has 0 aliphatic rings. The zero-order valence-corrected chi connectivity index (χ0v) is 17.4. The fraction of sp³-hybridized carbons (Fsp3) is 0.500. The topological polar surface area (TPSA) is 123 Å². The van der Waals surface area contributed by atoms with Crippen molar-refractivity contribution >= 4 is 24.0 Å². The van der Waals surface area contributed by atoms with Crippen LogP contribution >= 0.6 is 0 Å². The van der Waals surface area contributed by atoms with Crippen molar-refractivity contribution < 1.29 is 28.7 Å². The third-order valence-electron chi connectivity index (χ3n) is 3.49. The lowest BCUT2D eigenvalue weighted by Crippen LogP contribution is -2.50. The second-order valence-corrected chi connectivity index (χ2v) is 7.79. The first kappa shape index (κ1) is 23.9. The van der Waals surface area contributed by atoms with Crippen LogP contribution in [0, 0.1) is 5.92 Å². The molecule has 0 spiro atoms. The first-order chi connectivity index (χ1) is 13.5. The molecule has 1 rings (SSSR count). The van der Waals surface area contributed by atoms with Gasteiger partial charge in [-0.25, -0.2) is 14.4 Å². The summed E-state index contributed by atoms with van der Waals surface area (Å²) in [6.07, 6.45) is -0.779. The van der Waals surface area contributed by atoms with Crippen molar-refractivity contribution in [1.82, 2.24) is 16.0 Å². The summed E-state index contributed by atoms with van der Waals surface area (Å²) in [5.41, 5.74) is 0.282. The molecule has 0 aromatic heterocycles. The fourth-order valence-electron chi connectivity index (χ4n) is 2.15. The molecule has 0 bridgehead atoms. The van der Waals surface area contributed by atoms with Crippen LogP contribution in [-0.2, 0) is 25.7 Å². The lowest BCUT2D eigenvalue weighted by atomic mass is 10.1. The van der Waals surface area contributed by atoms with Crippen molar-refractivity contribution in [2.24, 2.45) is 5.92 Å². The van der Waals surface area contributed by atoms with E-state index in [2.05, 4.69) is 16.0 Å². The smallest absolute Gasteiger partial charge is 0.408 e. The lowest BCUT2D eigenvalue weighted by Gasteiger charge is -2.21. The average molecular weight is 407 g/mol. The standard InChI is InChI=1S/C20H29N3O6/c1-13(2)16(22-19(27)29-11-14-9-7-6-8-10-14)17(25)28-12-15(24)21-18(26)23-20(3,4)5/h6-10,13,16H,11-12H2,1-5H3,(H,22,27)(H2,21,23,24,26)/t16-/m0/s1. The monoisotopic (exact) mass is 407 g/mol. The van der Waals surface area contributed by atoms with Gasteiger partial charge in [-0.3, -0.25) is 10.1 Å². The molecule has 0 aliphatic heterocycles. The summed E-state index contributed by atoms with van der Waals surface area (Å²) in [6.45, 7) is 8.09. The summed E-state index contributed by atoms with van der Waals surface area (Å²) in [4.78, 5) is 47.6. The van der Waals surface area contributed by atoms with Crippen LogP contribution in [-0.4, -0.2) is 42.2 Å². The molecule has 0 saturated carbocycles. The summed E-state index contributed by atoms with van der Waals surface area (Å²) >= 11 is 0. The number of hydrogen-bond donors (Lipinski definition) is 3. The maximum atomic E-state index is 12.2. The van der Waals surface area contributed by atoms with E-state index < -0.39 is 42.2 Å². The van der Waals surface area contributed by atoms with Crippen molar-refractivity contribution in [3.8, 4) is 0 Å². The summed E-state index contributed by atoms with van der Waals surface area (Å²) in [5.74, 6) is -1.89. The SMILES string of the molecule is CC(C)[C@H](NC(=O)OCc1ccccc1)C(=O)OCC(=O)NC(=O)NC(C)(C)C. The Hall–Kier alpha value is -3.10. The quantitative estimate of drug-likeness (QED) is 0.595. The van der Waals surface area contributed by atoms with Crippen LogP contribution in [0.1, 0.15) is 40.2 Å². The van der Waals surface area contributed by atoms with Gasteiger partial charge >= 0.3 is 18.1 Å². The molecule has 9 heteroatoms. The third-order valence-corrected chi connectivity index (χ3v) is 3.49. The molecule has 29 heavy (non-hydrogen) atoms. The number of amides is 4. The van der Waals surface area contributed by atoms with Gasteiger partial charge in [0.15, 0.2) is 6.61 Å². The van der Waals surface area contributed by atoms with Gasteiger partial charge in [-0.1, -0.05) is 44.2 Å². The Kier molecular flexibility index (Phi) is 9.11. The van der Waals surface area contributed by atoms with Gasteiger partial charge in [0.05, 0.1) is 0 Å². The predicted molar refractivity (Wildman–Crippen MR) is 106 cm³/mol. The van der Waals surface area contributed by atoms with E-state index in [0.29, 0.717) is 0 Å². The zero-order chi connectivity index (χ0) is 22.0. The van der Waals surface area contributed by atoms with E-state index in [0.717, 1.165) is 5.56 Å². The summed E-state index contributed by atoms with van der Waals surface area (Å²) in [6, 6.07) is 7.38. The Labute approximate surface area is 170 Å². The molecule has 0 unspecified atom stereocenters. The van der Waals surface area contributed by atoms with Gasteiger partial charge in [0.2, 0.25) is 0 Å². The van der Waals surface area contributed by atoms with Crippen LogP contribution in [0.3, 0.4) is 0 Å². The van der Waals surface area contributed by atoms with E-state index >= 15 is 0 Å². The van der Waals surface area contributed by atoms with Gasteiger partial charge in [0.25, 0.3) is 5.91 Å². The molecule has 4 amide bonds. The van der Waals surface area contributed by atoms with Gasteiger partial charge in [-0.05, 0) is 32.3 Å². The summed E-state index contributed by atoms with van der Waals surface area (Å²) in [5, 5.41) is 7.04. The molecule has 1 atom stereocenters. The third kappa shape index (κ3) is 10.1. The first-order valence-corrected chi connectivity index (χ1v) is 9.24. The highest BCUT2D eigenvalue weighted by molar-refractivity contribution is 5.96. The number of benzene rings is 1. The molecular weight excluding hydrogens is 378 g/mol. The zero-order valence-electron chi connectivity index (χ0n) is 17.4. The minimum atomic E-state index is -1.01. The number of ether oxygens (including phenoxy) is 2. The summed E-state index contributed by atoms with van der Waals surface area (Å²) in [7, 11) is 0. The molecular formula is C20H29N3O6. The molecule has 160 valence electrons. The molecule has 1 aromatic carbocycles. The molecule has 0 saturated heterocycles. The number of rotatable bonds is 7. The normalized spacial score (nSPS) is 11.9. The lowest BCUT2D eigenvalue weighted by molar-refractivity contribution is -0.151. The Bertz CT molecular complexity index is 713.